The number of guanidine groups is 1. The van der Waals surface area contributed by atoms with E-state index in [-0.39, 0.29) is 23.0 Å². The van der Waals surface area contributed by atoms with Gasteiger partial charge in [0.1, 0.15) is 15.7 Å². The number of halogens is 1. The number of hydrogen-bond donors (Lipinski definition) is 2. The van der Waals surface area contributed by atoms with Gasteiger partial charge in [0.25, 0.3) is 0 Å². The monoisotopic (exact) mass is 426 g/mol. The van der Waals surface area contributed by atoms with Gasteiger partial charge in [-0.15, -0.1) is 0 Å². The Kier molecular flexibility index (Phi) is 7.91. The van der Waals surface area contributed by atoms with Crippen molar-refractivity contribution in [1.82, 2.24) is 10.6 Å². The lowest BCUT2D eigenvalue weighted by Crippen LogP contribution is -2.52. The molecule has 0 bridgehead atoms. The first-order valence-corrected chi connectivity index (χ1v) is 12.2. The van der Waals surface area contributed by atoms with Crippen molar-refractivity contribution in [3.05, 3.63) is 29.6 Å². The van der Waals surface area contributed by atoms with E-state index in [1.54, 1.807) is 13.1 Å². The summed E-state index contributed by atoms with van der Waals surface area (Å²) in [5.74, 6) is 0.698. The smallest absolute Gasteiger partial charge is 0.191 e. The molecule has 0 radical (unpaired) electrons. The van der Waals surface area contributed by atoms with Crippen LogP contribution >= 0.6 is 0 Å². The predicted octanol–water partition coefficient (Wildman–Crippen LogP) is 2.73. The second kappa shape index (κ2) is 9.78. The van der Waals surface area contributed by atoms with Gasteiger partial charge in [-0.2, -0.15) is 0 Å². The van der Waals surface area contributed by atoms with Crippen molar-refractivity contribution < 1.29 is 12.8 Å². The maximum atomic E-state index is 13.4. The standard InChI is InChI=1S/C21H35FN4O2S/c1-16-13-17(22)8-9-19(16)26-11-6-7-18(14-26)25-20(23-4)24-15-21(2,3)10-12-29(5,27)28/h8-9,13,18H,6-7,10-12,14-15H2,1-5H3,(H2,23,24,25). The molecule has 1 aromatic carbocycles. The summed E-state index contributed by atoms with van der Waals surface area (Å²) in [5.41, 5.74) is 1.85. The lowest BCUT2D eigenvalue weighted by atomic mass is 9.90. The number of anilines is 1. The van der Waals surface area contributed by atoms with Crippen molar-refractivity contribution in [2.24, 2.45) is 10.4 Å². The number of aryl methyl sites for hydroxylation is 1. The van der Waals surface area contributed by atoms with Crippen molar-refractivity contribution in [2.45, 2.75) is 46.1 Å². The van der Waals surface area contributed by atoms with Crippen LogP contribution in [-0.4, -0.2) is 59.1 Å². The van der Waals surface area contributed by atoms with Gasteiger partial charge >= 0.3 is 0 Å². The lowest BCUT2D eigenvalue weighted by Gasteiger charge is -2.36. The summed E-state index contributed by atoms with van der Waals surface area (Å²) in [7, 11) is -1.23. The van der Waals surface area contributed by atoms with Crippen molar-refractivity contribution in [3.8, 4) is 0 Å². The Morgan fingerprint density at radius 2 is 2.10 bits per heavy atom. The van der Waals surface area contributed by atoms with Crippen LogP contribution in [0.25, 0.3) is 0 Å². The molecular weight excluding hydrogens is 391 g/mol. The molecule has 1 fully saturated rings. The van der Waals surface area contributed by atoms with Crippen LogP contribution in [0.1, 0.15) is 38.7 Å². The highest BCUT2D eigenvalue weighted by molar-refractivity contribution is 7.90. The normalized spacial score (nSPS) is 18.6. The fourth-order valence-corrected chi connectivity index (χ4v) is 4.47. The van der Waals surface area contributed by atoms with E-state index in [0.717, 1.165) is 43.1 Å². The van der Waals surface area contributed by atoms with E-state index in [1.807, 2.05) is 13.0 Å². The molecule has 1 aromatic rings. The zero-order valence-corrected chi connectivity index (χ0v) is 19.1. The van der Waals surface area contributed by atoms with E-state index < -0.39 is 9.84 Å². The highest BCUT2D eigenvalue weighted by Gasteiger charge is 2.24. The number of aliphatic imine (C=N–C) groups is 1. The number of rotatable bonds is 7. The lowest BCUT2D eigenvalue weighted by molar-refractivity contribution is 0.347. The fraction of sp³-hybridized carbons (Fsp3) is 0.667. The first-order chi connectivity index (χ1) is 13.5. The van der Waals surface area contributed by atoms with Crippen LogP contribution in [-0.2, 0) is 9.84 Å². The number of benzene rings is 1. The molecule has 0 saturated carbocycles. The maximum absolute atomic E-state index is 13.4. The van der Waals surface area contributed by atoms with E-state index >= 15 is 0 Å². The molecule has 1 atom stereocenters. The molecule has 1 aliphatic heterocycles. The number of hydrogen-bond acceptors (Lipinski definition) is 4. The molecule has 0 spiro atoms. The third kappa shape index (κ3) is 7.84. The van der Waals surface area contributed by atoms with Crippen LogP contribution in [0.15, 0.2) is 23.2 Å². The van der Waals surface area contributed by atoms with Crippen molar-refractivity contribution in [3.63, 3.8) is 0 Å². The summed E-state index contributed by atoms with van der Waals surface area (Å²) in [5, 5.41) is 6.83. The second-order valence-electron chi connectivity index (χ2n) is 8.83. The summed E-state index contributed by atoms with van der Waals surface area (Å²) in [6, 6.07) is 5.17. The van der Waals surface area contributed by atoms with Crippen LogP contribution in [0.4, 0.5) is 10.1 Å². The largest absolute Gasteiger partial charge is 0.369 e. The van der Waals surface area contributed by atoms with Gasteiger partial charge in [-0.05, 0) is 55.4 Å². The van der Waals surface area contributed by atoms with Crippen LogP contribution in [0.2, 0.25) is 0 Å². The van der Waals surface area contributed by atoms with E-state index in [9.17, 15) is 12.8 Å². The summed E-state index contributed by atoms with van der Waals surface area (Å²) in [6.45, 7) is 8.46. The molecular formula is C21H35FN4O2S. The Morgan fingerprint density at radius 3 is 2.72 bits per heavy atom. The molecule has 29 heavy (non-hydrogen) atoms. The zero-order valence-electron chi connectivity index (χ0n) is 18.3. The fourth-order valence-electron chi connectivity index (χ4n) is 3.55. The minimum atomic E-state index is -2.97. The Balaban J connectivity index is 1.91. The molecule has 1 aliphatic rings. The first-order valence-electron chi connectivity index (χ1n) is 10.1. The molecule has 2 rings (SSSR count). The summed E-state index contributed by atoms with van der Waals surface area (Å²) >= 11 is 0. The second-order valence-corrected chi connectivity index (χ2v) is 11.1. The van der Waals surface area contributed by atoms with Gasteiger partial charge in [-0.25, -0.2) is 12.8 Å². The Hall–Kier alpha value is -1.83. The molecule has 1 unspecified atom stereocenters. The van der Waals surface area contributed by atoms with Gasteiger partial charge in [0.15, 0.2) is 5.96 Å². The quantitative estimate of drug-likeness (QED) is 0.518. The first kappa shape index (κ1) is 23.4. The van der Waals surface area contributed by atoms with E-state index in [0.29, 0.717) is 13.0 Å². The van der Waals surface area contributed by atoms with E-state index in [1.165, 1.54) is 12.3 Å². The van der Waals surface area contributed by atoms with E-state index in [2.05, 4.69) is 34.4 Å². The summed E-state index contributed by atoms with van der Waals surface area (Å²) in [4.78, 5) is 6.62. The van der Waals surface area contributed by atoms with Crippen molar-refractivity contribution in [1.29, 1.82) is 0 Å². The average molecular weight is 427 g/mol. The molecule has 0 aliphatic carbocycles. The van der Waals surface area contributed by atoms with Crippen LogP contribution in [0, 0.1) is 18.2 Å². The number of sulfone groups is 1. The predicted molar refractivity (Wildman–Crippen MR) is 119 cm³/mol. The highest BCUT2D eigenvalue weighted by atomic mass is 32.2. The highest BCUT2D eigenvalue weighted by Crippen LogP contribution is 2.24. The van der Waals surface area contributed by atoms with Gasteiger partial charge < -0.3 is 15.5 Å². The van der Waals surface area contributed by atoms with E-state index in [4.69, 9.17) is 0 Å². The minimum Gasteiger partial charge on any atom is -0.369 e. The van der Waals surface area contributed by atoms with Crippen LogP contribution in [0.5, 0.6) is 0 Å². The Labute approximate surface area is 174 Å². The van der Waals surface area contributed by atoms with Gasteiger partial charge in [-0.3, -0.25) is 4.99 Å². The molecule has 6 nitrogen and oxygen atoms in total. The van der Waals surface area contributed by atoms with Crippen LogP contribution in [0.3, 0.4) is 0 Å². The molecule has 1 saturated heterocycles. The Bertz CT molecular complexity index is 824. The summed E-state index contributed by atoms with van der Waals surface area (Å²) in [6.07, 6.45) is 3.95. The average Bonchev–Trinajstić information content (AvgIpc) is 2.63. The minimum absolute atomic E-state index is 0.162. The molecule has 0 amide bonds. The number of piperidine rings is 1. The maximum Gasteiger partial charge on any atom is 0.191 e. The third-order valence-corrected chi connectivity index (χ3v) is 6.32. The van der Waals surface area contributed by atoms with Gasteiger partial charge in [0.05, 0.1) is 5.75 Å². The number of nitrogens with zero attached hydrogens (tertiary/aromatic N) is 2. The van der Waals surface area contributed by atoms with Crippen molar-refractivity contribution in [2.75, 3.05) is 43.6 Å². The zero-order chi connectivity index (χ0) is 21.7. The topological polar surface area (TPSA) is 73.8 Å². The van der Waals surface area contributed by atoms with Gasteiger partial charge in [0, 0.05) is 44.7 Å². The Morgan fingerprint density at radius 1 is 1.38 bits per heavy atom. The summed E-state index contributed by atoms with van der Waals surface area (Å²) < 4.78 is 36.3. The molecule has 1 heterocycles. The third-order valence-electron chi connectivity index (χ3n) is 5.37. The number of nitrogens with one attached hydrogen (secondary N) is 2. The molecule has 0 aromatic heterocycles. The SMILES string of the molecule is CN=C(NCC(C)(C)CCS(C)(=O)=O)NC1CCCN(c2ccc(F)cc2C)C1. The van der Waals surface area contributed by atoms with Crippen LogP contribution < -0.4 is 15.5 Å². The van der Waals surface area contributed by atoms with Crippen molar-refractivity contribution >= 4 is 21.5 Å². The van der Waals surface area contributed by atoms with Gasteiger partial charge in [0.2, 0.25) is 0 Å². The molecule has 2 N–H and O–H groups in total. The van der Waals surface area contributed by atoms with Gasteiger partial charge in [-0.1, -0.05) is 13.8 Å². The molecule has 164 valence electrons. The molecule has 8 heteroatoms.